The summed E-state index contributed by atoms with van der Waals surface area (Å²) in [5.74, 6) is -0.459. The molecule has 2 N–H and O–H groups in total. The Morgan fingerprint density at radius 2 is 1.74 bits per heavy atom. The van der Waals surface area contributed by atoms with Gasteiger partial charge < -0.3 is 34.1 Å². The van der Waals surface area contributed by atoms with E-state index in [1.165, 1.54) is 4.90 Å². The Hall–Kier alpha value is -1.68. The van der Waals surface area contributed by atoms with Crippen LogP contribution in [0.1, 0.15) is 41.5 Å². The van der Waals surface area contributed by atoms with Gasteiger partial charge in [0.25, 0.3) is 0 Å². The lowest BCUT2D eigenvalue weighted by molar-refractivity contribution is -0.123. The number of hydrogen-bond donors (Lipinski definition) is 2. The van der Waals surface area contributed by atoms with Gasteiger partial charge in [-0.15, -0.1) is 0 Å². The van der Waals surface area contributed by atoms with E-state index in [1.807, 2.05) is 0 Å². The second-order valence-electron chi connectivity index (χ2n) is 7.88. The summed E-state index contributed by atoms with van der Waals surface area (Å²) >= 11 is 0. The number of rotatable bonds is 10. The molecule has 1 unspecified atom stereocenters. The third-order valence-electron chi connectivity index (χ3n) is 4.14. The third kappa shape index (κ3) is 9.55. The SMILES string of the molecule is CCOC(=O)N1CCNC(C(=O)[C@H](CP(=O)(OCC)OCC)NC(=O)OC(C)(C)C)C1. The number of carbonyl (C=O) groups excluding carboxylic acids is 3. The molecule has 1 rings (SSSR count). The van der Waals surface area contributed by atoms with Crippen molar-refractivity contribution in [3.63, 3.8) is 0 Å². The zero-order chi connectivity index (χ0) is 23.7. The summed E-state index contributed by atoms with van der Waals surface area (Å²) in [5, 5.41) is 5.53. The van der Waals surface area contributed by atoms with Crippen LogP contribution in [0.4, 0.5) is 9.59 Å². The summed E-state index contributed by atoms with van der Waals surface area (Å²) in [6.07, 6.45) is -1.71. The molecule has 180 valence electrons. The number of amides is 2. The fourth-order valence-electron chi connectivity index (χ4n) is 2.98. The van der Waals surface area contributed by atoms with Gasteiger partial charge in [0.1, 0.15) is 11.6 Å². The monoisotopic (exact) mass is 465 g/mol. The van der Waals surface area contributed by atoms with E-state index in [9.17, 15) is 18.9 Å². The number of alkyl carbamates (subject to hydrolysis) is 1. The first kappa shape index (κ1) is 27.4. The maximum atomic E-state index is 13.3. The average molecular weight is 465 g/mol. The number of nitrogens with one attached hydrogen (secondary N) is 2. The topological polar surface area (TPSA) is 132 Å². The molecule has 0 bridgehead atoms. The van der Waals surface area contributed by atoms with Crippen LogP contribution in [0.5, 0.6) is 0 Å². The maximum absolute atomic E-state index is 13.3. The molecule has 0 aromatic rings. The lowest BCUT2D eigenvalue weighted by atomic mass is 10.0. The highest BCUT2D eigenvalue weighted by Gasteiger charge is 2.39. The molecule has 2 atom stereocenters. The molecule has 12 heteroatoms. The molecule has 11 nitrogen and oxygen atoms in total. The Bertz CT molecular complexity index is 657. The van der Waals surface area contributed by atoms with E-state index >= 15 is 0 Å². The first-order valence-electron chi connectivity index (χ1n) is 10.5. The summed E-state index contributed by atoms with van der Waals surface area (Å²) in [6.45, 7) is 11.3. The Morgan fingerprint density at radius 3 is 2.26 bits per heavy atom. The standard InChI is InChI=1S/C19H36N3O8P/c1-7-27-18(25)22-11-10-20-14(12-22)16(23)15(21-17(24)30-19(4,5)6)13-31(26,28-8-2)29-9-3/h14-15,20H,7-13H2,1-6H3,(H,21,24)/t14?,15-/m0/s1. The summed E-state index contributed by atoms with van der Waals surface area (Å²) in [7, 11) is -3.66. The van der Waals surface area contributed by atoms with Crippen molar-refractivity contribution in [2.24, 2.45) is 0 Å². The first-order valence-corrected chi connectivity index (χ1v) is 12.2. The number of Topliss-reactive ketones (excluding diaryl/α,β-unsaturated/α-hetero) is 1. The lowest BCUT2D eigenvalue weighted by Crippen LogP contribution is -2.60. The molecule has 0 aliphatic carbocycles. The van der Waals surface area contributed by atoms with E-state index in [2.05, 4.69) is 10.6 Å². The zero-order valence-corrected chi connectivity index (χ0v) is 20.2. The summed E-state index contributed by atoms with van der Waals surface area (Å²) < 4.78 is 33.9. The molecule has 0 saturated carbocycles. The van der Waals surface area contributed by atoms with E-state index in [0.717, 1.165) is 0 Å². The molecule has 0 spiro atoms. The van der Waals surface area contributed by atoms with Gasteiger partial charge >= 0.3 is 19.8 Å². The normalized spacial score (nSPS) is 18.3. The van der Waals surface area contributed by atoms with E-state index in [-0.39, 0.29) is 32.5 Å². The molecule has 31 heavy (non-hydrogen) atoms. The van der Waals surface area contributed by atoms with Crippen LogP contribution in [0.2, 0.25) is 0 Å². The van der Waals surface area contributed by atoms with Crippen LogP contribution in [-0.4, -0.2) is 86.2 Å². The summed E-state index contributed by atoms with van der Waals surface area (Å²) in [5.41, 5.74) is -0.787. The molecule has 0 aromatic carbocycles. The molecule has 1 fully saturated rings. The fourth-order valence-corrected chi connectivity index (χ4v) is 4.77. The van der Waals surface area contributed by atoms with Crippen LogP contribution >= 0.6 is 7.60 Å². The smallest absolute Gasteiger partial charge is 0.409 e. The van der Waals surface area contributed by atoms with Gasteiger partial charge in [-0.25, -0.2) is 9.59 Å². The van der Waals surface area contributed by atoms with E-state index < -0.39 is 43.3 Å². The quantitative estimate of drug-likeness (QED) is 0.466. The minimum atomic E-state index is -3.66. The molecule has 0 radical (unpaired) electrons. The molecule has 1 saturated heterocycles. The molecule has 1 aliphatic heterocycles. The second kappa shape index (κ2) is 12.4. The highest BCUT2D eigenvalue weighted by atomic mass is 31.2. The van der Waals surface area contributed by atoms with Gasteiger partial charge in [0, 0.05) is 19.6 Å². The number of hydrogen-bond acceptors (Lipinski definition) is 9. The van der Waals surface area contributed by atoms with Crippen molar-refractivity contribution in [3.05, 3.63) is 0 Å². The van der Waals surface area contributed by atoms with Crippen molar-refractivity contribution in [1.82, 2.24) is 15.5 Å². The largest absolute Gasteiger partial charge is 0.450 e. The van der Waals surface area contributed by atoms with Crippen molar-refractivity contribution in [2.45, 2.75) is 59.2 Å². The van der Waals surface area contributed by atoms with Crippen LogP contribution in [0, 0.1) is 0 Å². The maximum Gasteiger partial charge on any atom is 0.409 e. The van der Waals surface area contributed by atoms with E-state index in [0.29, 0.717) is 13.1 Å². The molecular weight excluding hydrogens is 429 g/mol. The lowest BCUT2D eigenvalue weighted by Gasteiger charge is -2.34. The number of nitrogens with zero attached hydrogens (tertiary/aromatic N) is 1. The summed E-state index contributed by atoms with van der Waals surface area (Å²) in [6, 6.07) is -2.01. The molecular formula is C19H36N3O8P. The van der Waals surface area contributed by atoms with Gasteiger partial charge in [-0.2, -0.15) is 0 Å². The summed E-state index contributed by atoms with van der Waals surface area (Å²) in [4.78, 5) is 39.1. The second-order valence-corrected chi connectivity index (χ2v) is 9.99. The molecule has 1 heterocycles. The fraction of sp³-hybridized carbons (Fsp3) is 0.842. The predicted octanol–water partition coefficient (Wildman–Crippen LogP) is 2.15. The Labute approximate surface area is 184 Å². The van der Waals surface area contributed by atoms with Crippen LogP contribution in [-0.2, 0) is 27.9 Å². The number of ether oxygens (including phenoxy) is 2. The first-order chi connectivity index (χ1) is 14.4. The van der Waals surface area contributed by atoms with Crippen LogP contribution < -0.4 is 10.6 Å². The minimum absolute atomic E-state index is 0.0533. The van der Waals surface area contributed by atoms with E-state index in [4.69, 9.17) is 18.5 Å². The van der Waals surface area contributed by atoms with Gasteiger partial charge in [0.15, 0.2) is 5.78 Å². The third-order valence-corrected chi connectivity index (χ3v) is 6.25. The zero-order valence-electron chi connectivity index (χ0n) is 19.3. The van der Waals surface area contributed by atoms with Crippen molar-refractivity contribution in [2.75, 3.05) is 45.6 Å². The Kier molecular flexibility index (Phi) is 10.9. The average Bonchev–Trinajstić information content (AvgIpc) is 2.66. The van der Waals surface area contributed by atoms with Crippen molar-refractivity contribution in [1.29, 1.82) is 0 Å². The van der Waals surface area contributed by atoms with Gasteiger partial charge in [-0.1, -0.05) is 0 Å². The van der Waals surface area contributed by atoms with Crippen LogP contribution in [0.15, 0.2) is 0 Å². The van der Waals surface area contributed by atoms with Crippen molar-refractivity contribution < 1.29 is 37.5 Å². The highest BCUT2D eigenvalue weighted by molar-refractivity contribution is 7.54. The van der Waals surface area contributed by atoms with E-state index in [1.54, 1.807) is 41.5 Å². The van der Waals surface area contributed by atoms with Crippen molar-refractivity contribution >= 4 is 25.6 Å². The minimum Gasteiger partial charge on any atom is -0.450 e. The van der Waals surface area contributed by atoms with Crippen LogP contribution in [0.3, 0.4) is 0 Å². The molecule has 0 aromatic heterocycles. The van der Waals surface area contributed by atoms with Gasteiger partial charge in [0.2, 0.25) is 0 Å². The highest BCUT2D eigenvalue weighted by Crippen LogP contribution is 2.48. The van der Waals surface area contributed by atoms with Gasteiger partial charge in [-0.05, 0) is 41.5 Å². The number of piperazine rings is 1. The number of ketones is 1. The Balaban J connectivity index is 3.04. The molecule has 2 amide bonds. The van der Waals surface area contributed by atoms with Crippen molar-refractivity contribution in [3.8, 4) is 0 Å². The van der Waals surface area contributed by atoms with Gasteiger partial charge in [0.05, 0.1) is 32.0 Å². The van der Waals surface area contributed by atoms with Gasteiger partial charge in [-0.3, -0.25) is 9.36 Å². The number of carbonyl (C=O) groups is 3. The molecule has 1 aliphatic rings. The van der Waals surface area contributed by atoms with Crippen LogP contribution in [0.25, 0.3) is 0 Å². The Morgan fingerprint density at radius 1 is 1.13 bits per heavy atom. The predicted molar refractivity (Wildman–Crippen MR) is 114 cm³/mol.